The zero-order valence-electron chi connectivity index (χ0n) is 4.23. The van der Waals surface area contributed by atoms with Crippen LogP contribution in [0.15, 0.2) is 23.3 Å². The summed E-state index contributed by atoms with van der Waals surface area (Å²) >= 11 is 7.05. The van der Waals surface area contributed by atoms with Crippen LogP contribution in [0.5, 0.6) is 0 Å². The second kappa shape index (κ2) is 3.05. The van der Waals surface area contributed by atoms with E-state index in [1.807, 2.05) is 17.6 Å². The van der Waals surface area contributed by atoms with Crippen molar-refractivity contribution in [2.75, 3.05) is 5.88 Å². The molecule has 0 spiro atoms. The van der Waals surface area contributed by atoms with Gasteiger partial charge in [-0.3, -0.25) is 0 Å². The van der Waals surface area contributed by atoms with E-state index in [2.05, 4.69) is 4.72 Å². The highest BCUT2D eigenvalue weighted by Crippen LogP contribution is 2.08. The van der Waals surface area contributed by atoms with Crippen LogP contribution in [0.2, 0.25) is 0 Å². The Morgan fingerprint density at radius 3 is 3.00 bits per heavy atom. The highest BCUT2D eigenvalue weighted by molar-refractivity contribution is 8.00. The molecule has 8 heavy (non-hydrogen) atoms. The molecule has 0 atom stereocenters. The number of rotatable bonds is 1. The van der Waals surface area contributed by atoms with E-state index in [9.17, 15) is 0 Å². The average Bonchev–Trinajstić information content (AvgIpc) is 1.90. The molecule has 0 amide bonds. The van der Waals surface area contributed by atoms with E-state index in [-0.39, 0.29) is 0 Å². The van der Waals surface area contributed by atoms with Gasteiger partial charge >= 0.3 is 0 Å². The monoisotopic (exact) mass is 147 g/mol. The van der Waals surface area contributed by atoms with Gasteiger partial charge < -0.3 is 4.72 Å². The Hall–Kier alpha value is -0.0800. The molecule has 1 aliphatic heterocycles. The summed E-state index contributed by atoms with van der Waals surface area (Å²) in [6.45, 7) is 0. The third kappa shape index (κ3) is 1.46. The summed E-state index contributed by atoms with van der Waals surface area (Å²) in [6.07, 6.45) is 3.93. The van der Waals surface area contributed by atoms with Gasteiger partial charge in [0.25, 0.3) is 0 Å². The fourth-order valence-electron chi connectivity index (χ4n) is 0.410. The summed E-state index contributed by atoms with van der Waals surface area (Å²) < 4.78 is 3.03. The molecule has 1 N–H and O–H groups in total. The van der Waals surface area contributed by atoms with E-state index in [0.717, 1.165) is 5.70 Å². The van der Waals surface area contributed by atoms with Gasteiger partial charge in [0.05, 0.1) is 5.88 Å². The molecule has 3 heteroatoms. The van der Waals surface area contributed by atoms with E-state index >= 15 is 0 Å². The van der Waals surface area contributed by atoms with Gasteiger partial charge in [-0.05, 0) is 23.4 Å². The summed E-state index contributed by atoms with van der Waals surface area (Å²) in [7, 11) is 0. The van der Waals surface area contributed by atoms with Crippen LogP contribution in [-0.2, 0) is 0 Å². The molecule has 1 heterocycles. The maximum absolute atomic E-state index is 5.50. The molecular formula is C5H6ClNS. The minimum atomic E-state index is 0.567. The lowest BCUT2D eigenvalue weighted by molar-refractivity contribution is 1.21. The van der Waals surface area contributed by atoms with Gasteiger partial charge in [0.15, 0.2) is 0 Å². The number of halogens is 1. The summed E-state index contributed by atoms with van der Waals surface area (Å²) in [5.74, 6) is 0.567. The minimum absolute atomic E-state index is 0.567. The van der Waals surface area contributed by atoms with Gasteiger partial charge in [-0.25, -0.2) is 0 Å². The molecule has 0 fully saturated rings. The van der Waals surface area contributed by atoms with Crippen molar-refractivity contribution in [2.24, 2.45) is 0 Å². The topological polar surface area (TPSA) is 12.0 Å². The van der Waals surface area contributed by atoms with Crippen molar-refractivity contribution in [3.05, 3.63) is 23.3 Å². The Morgan fingerprint density at radius 2 is 2.62 bits per heavy atom. The fourth-order valence-corrected chi connectivity index (χ4v) is 1.16. The van der Waals surface area contributed by atoms with Crippen LogP contribution in [0, 0.1) is 0 Å². The van der Waals surface area contributed by atoms with E-state index < -0.39 is 0 Å². The van der Waals surface area contributed by atoms with Crippen LogP contribution in [0.4, 0.5) is 0 Å². The molecule has 1 rings (SSSR count). The molecule has 0 aromatic rings. The highest BCUT2D eigenvalue weighted by Gasteiger charge is 1.93. The third-order valence-corrected chi connectivity index (χ3v) is 1.74. The van der Waals surface area contributed by atoms with Crippen molar-refractivity contribution in [3.8, 4) is 0 Å². The first-order valence-corrected chi connectivity index (χ1v) is 3.68. The molecular weight excluding hydrogens is 142 g/mol. The number of hydrogen-bond donors (Lipinski definition) is 1. The first kappa shape index (κ1) is 6.05. The summed E-state index contributed by atoms with van der Waals surface area (Å²) in [6, 6.07) is 0. The number of nitrogens with one attached hydrogen (secondary N) is 1. The quantitative estimate of drug-likeness (QED) is 0.449. The Labute approximate surface area is 57.9 Å². The van der Waals surface area contributed by atoms with E-state index in [1.54, 1.807) is 11.9 Å². The van der Waals surface area contributed by atoms with Crippen molar-refractivity contribution < 1.29 is 0 Å². The predicted molar refractivity (Wildman–Crippen MR) is 38.7 cm³/mol. The van der Waals surface area contributed by atoms with Crippen LogP contribution >= 0.6 is 23.5 Å². The van der Waals surface area contributed by atoms with Gasteiger partial charge in [0, 0.05) is 5.70 Å². The second-order valence-corrected chi connectivity index (χ2v) is 2.35. The molecule has 0 unspecified atom stereocenters. The molecule has 44 valence electrons. The second-order valence-electron chi connectivity index (χ2n) is 1.37. The SMILES string of the molecule is ClCC1=CC=CSN1. The van der Waals surface area contributed by atoms with Crippen molar-refractivity contribution in [1.29, 1.82) is 0 Å². The van der Waals surface area contributed by atoms with Crippen LogP contribution < -0.4 is 4.72 Å². The van der Waals surface area contributed by atoms with Crippen LogP contribution in [-0.4, -0.2) is 5.88 Å². The smallest absolute Gasteiger partial charge is 0.0630 e. The third-order valence-electron chi connectivity index (χ3n) is 0.778. The largest absolute Gasteiger partial charge is 0.329 e. The normalized spacial score (nSPS) is 17.4. The molecule has 0 aromatic heterocycles. The Morgan fingerprint density at radius 1 is 1.75 bits per heavy atom. The average molecular weight is 148 g/mol. The Balaban J connectivity index is 2.50. The molecule has 0 saturated heterocycles. The minimum Gasteiger partial charge on any atom is -0.329 e. The lowest BCUT2D eigenvalue weighted by Crippen LogP contribution is -2.04. The molecule has 0 aromatic carbocycles. The Kier molecular flexibility index (Phi) is 2.30. The lowest BCUT2D eigenvalue weighted by Gasteiger charge is -2.05. The maximum atomic E-state index is 5.50. The zero-order valence-corrected chi connectivity index (χ0v) is 5.80. The molecule has 0 bridgehead atoms. The standard InChI is InChI=1S/C5H6ClNS/c6-4-5-2-1-3-8-7-5/h1-3,7H,4H2. The van der Waals surface area contributed by atoms with Gasteiger partial charge in [0.2, 0.25) is 0 Å². The fraction of sp³-hybridized carbons (Fsp3) is 0.200. The van der Waals surface area contributed by atoms with Crippen molar-refractivity contribution in [1.82, 2.24) is 4.72 Å². The van der Waals surface area contributed by atoms with E-state index in [4.69, 9.17) is 11.6 Å². The molecule has 0 aliphatic carbocycles. The van der Waals surface area contributed by atoms with Crippen LogP contribution in [0.1, 0.15) is 0 Å². The van der Waals surface area contributed by atoms with Crippen LogP contribution in [0.3, 0.4) is 0 Å². The number of hydrogen-bond acceptors (Lipinski definition) is 2. The first-order chi connectivity index (χ1) is 3.93. The van der Waals surface area contributed by atoms with Gasteiger partial charge in [-0.1, -0.05) is 6.08 Å². The number of allylic oxidation sites excluding steroid dienone is 3. The van der Waals surface area contributed by atoms with Gasteiger partial charge in [-0.15, -0.1) is 11.6 Å². The molecule has 0 saturated carbocycles. The summed E-state index contributed by atoms with van der Waals surface area (Å²) in [5.41, 5.74) is 1.07. The lowest BCUT2D eigenvalue weighted by atomic mass is 10.4. The maximum Gasteiger partial charge on any atom is 0.0630 e. The first-order valence-electron chi connectivity index (χ1n) is 2.27. The van der Waals surface area contributed by atoms with Crippen molar-refractivity contribution in [3.63, 3.8) is 0 Å². The van der Waals surface area contributed by atoms with Gasteiger partial charge in [-0.2, -0.15) is 0 Å². The van der Waals surface area contributed by atoms with Crippen molar-refractivity contribution in [2.45, 2.75) is 0 Å². The highest BCUT2D eigenvalue weighted by atomic mass is 35.5. The van der Waals surface area contributed by atoms with Gasteiger partial charge in [0.1, 0.15) is 0 Å². The molecule has 1 aliphatic rings. The van der Waals surface area contributed by atoms with E-state index in [0.29, 0.717) is 5.88 Å². The Bertz CT molecular complexity index is 130. The molecule has 0 radical (unpaired) electrons. The summed E-state index contributed by atoms with van der Waals surface area (Å²) in [5, 5.41) is 1.97. The summed E-state index contributed by atoms with van der Waals surface area (Å²) in [4.78, 5) is 0. The van der Waals surface area contributed by atoms with E-state index in [1.165, 1.54) is 0 Å². The van der Waals surface area contributed by atoms with Crippen molar-refractivity contribution >= 4 is 23.5 Å². The van der Waals surface area contributed by atoms with Crippen LogP contribution in [0.25, 0.3) is 0 Å². The zero-order chi connectivity index (χ0) is 5.82. The number of alkyl halides is 1. The predicted octanol–water partition coefficient (Wildman–Crippen LogP) is 1.87. The molecule has 1 nitrogen and oxygen atoms in total.